The van der Waals surface area contributed by atoms with Crippen LogP contribution in [0.25, 0.3) is 0 Å². The number of halogens is 1. The monoisotopic (exact) mass is 237 g/mol. The van der Waals surface area contributed by atoms with Crippen LogP contribution >= 0.6 is 0 Å². The maximum absolute atomic E-state index is 13.7. The maximum Gasteiger partial charge on any atom is 0.169 e. The van der Waals surface area contributed by atoms with Gasteiger partial charge >= 0.3 is 0 Å². The lowest BCUT2D eigenvalue weighted by Gasteiger charge is -2.08. The Bertz CT molecular complexity index is 363. The number of hydrogen-bond donors (Lipinski definition) is 1. The Morgan fingerprint density at radius 3 is 2.88 bits per heavy atom. The van der Waals surface area contributed by atoms with Crippen LogP contribution in [-0.4, -0.2) is 6.61 Å². The first-order valence-electron chi connectivity index (χ1n) is 6.04. The average molecular weight is 237 g/mol. The second-order valence-corrected chi connectivity index (χ2v) is 3.80. The topological polar surface area (TPSA) is 35.2 Å². The fourth-order valence-corrected chi connectivity index (χ4v) is 1.49. The van der Waals surface area contributed by atoms with E-state index in [1.807, 2.05) is 0 Å². The smallest absolute Gasteiger partial charge is 0.169 e. The van der Waals surface area contributed by atoms with E-state index in [2.05, 4.69) is 19.1 Å². The summed E-state index contributed by atoms with van der Waals surface area (Å²) in [5.41, 5.74) is 5.92. The number of nitrogens with two attached hydrogens (primary N) is 1. The second kappa shape index (κ2) is 7.85. The van der Waals surface area contributed by atoms with Gasteiger partial charge < -0.3 is 10.5 Å². The highest BCUT2D eigenvalue weighted by Gasteiger charge is 2.06. The van der Waals surface area contributed by atoms with Gasteiger partial charge in [-0.15, -0.1) is 0 Å². The minimum atomic E-state index is -0.334. The van der Waals surface area contributed by atoms with Gasteiger partial charge in [-0.2, -0.15) is 0 Å². The Labute approximate surface area is 102 Å². The summed E-state index contributed by atoms with van der Waals surface area (Å²) in [5.74, 6) is -0.0356. The van der Waals surface area contributed by atoms with Gasteiger partial charge in [0.15, 0.2) is 11.6 Å². The van der Waals surface area contributed by atoms with Crippen molar-refractivity contribution in [2.45, 2.75) is 32.7 Å². The summed E-state index contributed by atoms with van der Waals surface area (Å²) in [6, 6.07) is 5.07. The number of hydrogen-bond acceptors (Lipinski definition) is 2. The van der Waals surface area contributed by atoms with Crippen molar-refractivity contribution in [3.8, 4) is 5.75 Å². The molecule has 0 heterocycles. The van der Waals surface area contributed by atoms with Crippen LogP contribution in [0.5, 0.6) is 5.75 Å². The summed E-state index contributed by atoms with van der Waals surface area (Å²) in [6.45, 7) is 2.82. The molecular formula is C14H20FNO. The third kappa shape index (κ3) is 4.57. The third-order valence-electron chi connectivity index (χ3n) is 2.44. The van der Waals surface area contributed by atoms with Crippen LogP contribution in [-0.2, 0) is 6.54 Å². The Balaban J connectivity index is 2.39. The van der Waals surface area contributed by atoms with E-state index >= 15 is 0 Å². The Morgan fingerprint density at radius 1 is 1.35 bits per heavy atom. The van der Waals surface area contributed by atoms with E-state index in [1.165, 1.54) is 0 Å². The molecule has 0 fully saturated rings. The quantitative estimate of drug-likeness (QED) is 0.582. The van der Waals surface area contributed by atoms with Gasteiger partial charge in [-0.3, -0.25) is 0 Å². The molecule has 1 aromatic carbocycles. The fraction of sp³-hybridized carbons (Fsp3) is 0.429. The first-order chi connectivity index (χ1) is 8.29. The fourth-order valence-electron chi connectivity index (χ4n) is 1.49. The van der Waals surface area contributed by atoms with Gasteiger partial charge in [-0.25, -0.2) is 4.39 Å². The molecule has 3 heteroatoms. The zero-order chi connectivity index (χ0) is 12.5. The molecule has 17 heavy (non-hydrogen) atoms. The zero-order valence-electron chi connectivity index (χ0n) is 10.3. The van der Waals surface area contributed by atoms with Crippen LogP contribution in [0.15, 0.2) is 30.4 Å². The summed E-state index contributed by atoms with van der Waals surface area (Å²) in [4.78, 5) is 0. The highest BCUT2D eigenvalue weighted by atomic mass is 19.1. The van der Waals surface area contributed by atoms with E-state index in [0.29, 0.717) is 17.9 Å². The normalized spacial score (nSPS) is 11.0. The summed E-state index contributed by atoms with van der Waals surface area (Å²) in [5, 5.41) is 0. The lowest BCUT2D eigenvalue weighted by molar-refractivity contribution is 0.295. The molecule has 0 aliphatic carbocycles. The molecule has 94 valence electrons. The van der Waals surface area contributed by atoms with Gasteiger partial charge in [0.1, 0.15) is 0 Å². The zero-order valence-corrected chi connectivity index (χ0v) is 10.3. The van der Waals surface area contributed by atoms with Crippen LogP contribution in [0.2, 0.25) is 0 Å². The SMILES string of the molecule is CCC=CCCCOc1cccc(CN)c1F. The standard InChI is InChI=1S/C14H20FNO/c1-2-3-4-5-6-10-17-13-9-7-8-12(11-16)14(13)15/h3-4,7-9H,2,5-6,10-11,16H2,1H3. The maximum atomic E-state index is 13.7. The molecule has 0 aliphatic heterocycles. The van der Waals surface area contributed by atoms with Gasteiger partial charge in [-0.1, -0.05) is 31.2 Å². The number of unbranched alkanes of at least 4 members (excludes halogenated alkanes) is 1. The molecule has 0 aliphatic rings. The first kappa shape index (κ1) is 13.7. The molecular weight excluding hydrogens is 217 g/mol. The number of allylic oxidation sites excluding steroid dienone is 2. The average Bonchev–Trinajstić information content (AvgIpc) is 2.35. The van der Waals surface area contributed by atoms with Crippen molar-refractivity contribution < 1.29 is 9.13 Å². The lowest BCUT2D eigenvalue weighted by Crippen LogP contribution is -2.04. The number of benzene rings is 1. The van der Waals surface area contributed by atoms with Gasteiger partial charge in [0.05, 0.1) is 6.61 Å². The summed E-state index contributed by atoms with van der Waals surface area (Å²) >= 11 is 0. The Morgan fingerprint density at radius 2 is 2.18 bits per heavy atom. The van der Waals surface area contributed by atoms with Crippen LogP contribution in [0.3, 0.4) is 0 Å². The second-order valence-electron chi connectivity index (χ2n) is 3.80. The van der Waals surface area contributed by atoms with Gasteiger partial charge in [0, 0.05) is 12.1 Å². The summed E-state index contributed by atoms with van der Waals surface area (Å²) in [7, 11) is 0. The summed E-state index contributed by atoms with van der Waals surface area (Å²) in [6.07, 6.45) is 7.15. The molecule has 0 bridgehead atoms. The molecule has 0 unspecified atom stereocenters. The van der Waals surface area contributed by atoms with E-state index < -0.39 is 0 Å². The largest absolute Gasteiger partial charge is 0.490 e. The summed E-state index contributed by atoms with van der Waals surface area (Å²) < 4.78 is 19.1. The van der Waals surface area contributed by atoms with Gasteiger partial charge in [0.25, 0.3) is 0 Å². The van der Waals surface area contributed by atoms with E-state index in [-0.39, 0.29) is 12.4 Å². The van der Waals surface area contributed by atoms with Crippen molar-refractivity contribution in [3.63, 3.8) is 0 Å². The van der Waals surface area contributed by atoms with Crippen LogP contribution < -0.4 is 10.5 Å². The van der Waals surface area contributed by atoms with Crippen molar-refractivity contribution in [1.29, 1.82) is 0 Å². The Kier molecular flexibility index (Phi) is 6.33. The molecule has 0 radical (unpaired) electrons. The lowest BCUT2D eigenvalue weighted by atomic mass is 10.2. The van der Waals surface area contributed by atoms with E-state index in [9.17, 15) is 4.39 Å². The number of rotatable bonds is 7. The van der Waals surface area contributed by atoms with Crippen molar-refractivity contribution in [2.24, 2.45) is 5.73 Å². The first-order valence-corrected chi connectivity index (χ1v) is 6.04. The highest BCUT2D eigenvalue weighted by molar-refractivity contribution is 5.30. The molecule has 2 N–H and O–H groups in total. The predicted octanol–water partition coefficient (Wildman–Crippen LogP) is 3.41. The molecule has 1 aromatic rings. The molecule has 1 rings (SSSR count). The predicted molar refractivity (Wildman–Crippen MR) is 68.5 cm³/mol. The van der Waals surface area contributed by atoms with Gasteiger partial charge in [0.2, 0.25) is 0 Å². The van der Waals surface area contributed by atoms with Crippen molar-refractivity contribution in [1.82, 2.24) is 0 Å². The molecule has 2 nitrogen and oxygen atoms in total. The van der Waals surface area contributed by atoms with E-state index in [1.54, 1.807) is 18.2 Å². The van der Waals surface area contributed by atoms with Crippen molar-refractivity contribution in [2.75, 3.05) is 6.61 Å². The molecule has 0 amide bonds. The Hall–Kier alpha value is -1.35. The molecule has 0 saturated heterocycles. The van der Waals surface area contributed by atoms with Crippen molar-refractivity contribution in [3.05, 3.63) is 41.7 Å². The molecule has 0 atom stereocenters. The number of ether oxygens (including phenoxy) is 1. The molecule has 0 aromatic heterocycles. The van der Waals surface area contributed by atoms with E-state index in [4.69, 9.17) is 10.5 Å². The van der Waals surface area contributed by atoms with Crippen molar-refractivity contribution >= 4 is 0 Å². The van der Waals surface area contributed by atoms with Gasteiger partial charge in [-0.05, 0) is 25.3 Å². The minimum Gasteiger partial charge on any atom is -0.490 e. The third-order valence-corrected chi connectivity index (χ3v) is 2.44. The van der Waals surface area contributed by atoms with Crippen LogP contribution in [0.4, 0.5) is 4.39 Å². The minimum absolute atomic E-state index is 0.197. The van der Waals surface area contributed by atoms with E-state index in [0.717, 1.165) is 19.3 Å². The van der Waals surface area contributed by atoms with Crippen LogP contribution in [0, 0.1) is 5.82 Å². The highest BCUT2D eigenvalue weighted by Crippen LogP contribution is 2.20. The molecule has 0 spiro atoms. The van der Waals surface area contributed by atoms with Crippen LogP contribution in [0.1, 0.15) is 31.7 Å². The molecule has 0 saturated carbocycles.